The fourth-order valence-corrected chi connectivity index (χ4v) is 1.99. The van der Waals surface area contributed by atoms with E-state index < -0.39 is 0 Å². The Kier molecular flexibility index (Phi) is 3.17. The molecule has 0 saturated heterocycles. The van der Waals surface area contributed by atoms with Gasteiger partial charge in [0.1, 0.15) is 5.76 Å². The van der Waals surface area contributed by atoms with E-state index in [9.17, 15) is 4.79 Å². The van der Waals surface area contributed by atoms with E-state index in [1.807, 2.05) is 43.3 Å². The molecule has 1 aliphatic heterocycles. The third kappa shape index (κ3) is 2.52. The molecule has 0 fully saturated rings. The lowest BCUT2D eigenvalue weighted by Gasteiger charge is -2.01. The number of rotatable bonds is 2. The first-order valence-corrected chi connectivity index (χ1v) is 6.35. The molecule has 3 rings (SSSR count). The van der Waals surface area contributed by atoms with Crippen molar-refractivity contribution in [1.82, 2.24) is 4.98 Å². The van der Waals surface area contributed by atoms with Crippen molar-refractivity contribution >= 4 is 17.8 Å². The van der Waals surface area contributed by atoms with Crippen LogP contribution in [0.4, 0.5) is 0 Å². The number of ether oxygens (including phenoxy) is 1. The molecule has 0 N–H and O–H groups in total. The van der Waals surface area contributed by atoms with Crippen LogP contribution in [0.25, 0.3) is 11.8 Å². The molecule has 2 aromatic rings. The van der Waals surface area contributed by atoms with Gasteiger partial charge in [0, 0.05) is 18.0 Å². The molecular formula is C17H13NO2. The molecule has 0 spiro atoms. The van der Waals surface area contributed by atoms with Crippen LogP contribution in [-0.4, -0.2) is 11.0 Å². The number of hydrogen-bond acceptors (Lipinski definition) is 3. The van der Waals surface area contributed by atoms with Crippen molar-refractivity contribution in [3.63, 3.8) is 0 Å². The maximum Gasteiger partial charge on any atom is 0.343 e. The first-order valence-electron chi connectivity index (χ1n) is 6.35. The second-order valence-corrected chi connectivity index (χ2v) is 4.64. The lowest BCUT2D eigenvalue weighted by Crippen LogP contribution is -1.97. The molecule has 3 heteroatoms. The summed E-state index contributed by atoms with van der Waals surface area (Å²) in [7, 11) is 0. The van der Waals surface area contributed by atoms with Crippen molar-refractivity contribution in [2.45, 2.75) is 6.92 Å². The Morgan fingerprint density at radius 3 is 2.45 bits per heavy atom. The highest BCUT2D eigenvalue weighted by Crippen LogP contribution is 2.27. The fraction of sp³-hybridized carbons (Fsp3) is 0.0588. The molecule has 98 valence electrons. The van der Waals surface area contributed by atoms with Gasteiger partial charge >= 0.3 is 5.97 Å². The zero-order valence-corrected chi connectivity index (χ0v) is 11.0. The lowest BCUT2D eigenvalue weighted by molar-refractivity contribution is -0.130. The van der Waals surface area contributed by atoms with Gasteiger partial charge in [0.25, 0.3) is 0 Å². The van der Waals surface area contributed by atoms with Crippen molar-refractivity contribution in [3.05, 3.63) is 77.1 Å². The summed E-state index contributed by atoms with van der Waals surface area (Å²) in [5.74, 6) is 0.271. The Hall–Kier alpha value is -2.68. The number of nitrogens with zero attached hydrogens (tertiary/aromatic N) is 1. The van der Waals surface area contributed by atoms with Crippen molar-refractivity contribution in [1.29, 1.82) is 0 Å². The molecule has 3 nitrogen and oxygen atoms in total. The number of hydrogen-bond donors (Lipinski definition) is 0. The minimum Gasteiger partial charge on any atom is -0.422 e. The molecule has 2 heterocycles. The molecule has 0 amide bonds. The van der Waals surface area contributed by atoms with Crippen LogP contribution in [0.1, 0.15) is 16.7 Å². The number of esters is 1. The van der Waals surface area contributed by atoms with Gasteiger partial charge in [-0.1, -0.05) is 29.8 Å². The number of aromatic nitrogens is 1. The van der Waals surface area contributed by atoms with Gasteiger partial charge in [-0.3, -0.25) is 4.98 Å². The Labute approximate surface area is 117 Å². The van der Waals surface area contributed by atoms with Gasteiger partial charge in [0.15, 0.2) is 0 Å². The number of carbonyl (C=O) groups is 1. The molecule has 0 unspecified atom stereocenters. The highest BCUT2D eigenvalue weighted by atomic mass is 16.5. The van der Waals surface area contributed by atoms with Crippen LogP contribution in [0.2, 0.25) is 0 Å². The maximum absolute atomic E-state index is 11.9. The van der Waals surface area contributed by atoms with Gasteiger partial charge in [-0.25, -0.2) is 4.79 Å². The molecule has 1 aromatic heterocycles. The highest BCUT2D eigenvalue weighted by Gasteiger charge is 2.21. The Balaban J connectivity index is 1.93. The van der Waals surface area contributed by atoms with Gasteiger partial charge in [-0.05, 0) is 36.8 Å². The van der Waals surface area contributed by atoms with Crippen molar-refractivity contribution in [2.24, 2.45) is 0 Å². The number of benzene rings is 1. The first-order chi connectivity index (χ1) is 9.72. The van der Waals surface area contributed by atoms with Crippen molar-refractivity contribution in [3.8, 4) is 0 Å². The van der Waals surface area contributed by atoms with E-state index in [0.717, 1.165) is 11.1 Å². The standard InChI is InChI=1S/C17H13NO2/c1-12-2-4-14(5-3-12)16-11-15(17(19)20-16)10-13-6-8-18-9-7-13/h2-11H,1H3/b15-10+. The Bertz CT molecular complexity index is 698. The van der Waals surface area contributed by atoms with E-state index in [1.54, 1.807) is 24.5 Å². The molecule has 1 aromatic carbocycles. The normalized spacial score (nSPS) is 16.1. The smallest absolute Gasteiger partial charge is 0.343 e. The number of cyclic esters (lactones) is 1. The second-order valence-electron chi connectivity index (χ2n) is 4.64. The second kappa shape index (κ2) is 5.13. The van der Waals surface area contributed by atoms with E-state index in [-0.39, 0.29) is 5.97 Å². The third-order valence-electron chi connectivity index (χ3n) is 3.09. The number of carbonyl (C=O) groups excluding carboxylic acids is 1. The van der Waals surface area contributed by atoms with E-state index in [2.05, 4.69) is 4.98 Å². The summed E-state index contributed by atoms with van der Waals surface area (Å²) in [4.78, 5) is 15.8. The average molecular weight is 263 g/mol. The SMILES string of the molecule is Cc1ccc(C2=C/C(=C\c3ccncc3)C(=O)O2)cc1. The van der Waals surface area contributed by atoms with Crippen molar-refractivity contribution < 1.29 is 9.53 Å². The number of aryl methyl sites for hydroxylation is 1. The minimum atomic E-state index is -0.322. The van der Waals surface area contributed by atoms with Gasteiger partial charge in [0.2, 0.25) is 0 Å². The Morgan fingerprint density at radius 2 is 1.75 bits per heavy atom. The highest BCUT2D eigenvalue weighted by molar-refractivity contribution is 6.05. The summed E-state index contributed by atoms with van der Waals surface area (Å²) in [6, 6.07) is 11.6. The molecule has 0 atom stereocenters. The molecular weight excluding hydrogens is 250 g/mol. The van der Waals surface area contributed by atoms with Gasteiger partial charge in [-0.2, -0.15) is 0 Å². The zero-order chi connectivity index (χ0) is 13.9. The Morgan fingerprint density at radius 1 is 1.05 bits per heavy atom. The van der Waals surface area contributed by atoms with Crippen LogP contribution < -0.4 is 0 Å². The number of pyridine rings is 1. The molecule has 20 heavy (non-hydrogen) atoms. The lowest BCUT2D eigenvalue weighted by atomic mass is 10.1. The molecule has 1 aliphatic rings. The summed E-state index contributed by atoms with van der Waals surface area (Å²) in [6.45, 7) is 2.02. The predicted octanol–water partition coefficient (Wildman–Crippen LogP) is 3.37. The van der Waals surface area contributed by atoms with E-state index >= 15 is 0 Å². The van der Waals surface area contributed by atoms with Gasteiger partial charge in [-0.15, -0.1) is 0 Å². The summed E-state index contributed by atoms with van der Waals surface area (Å²) >= 11 is 0. The summed E-state index contributed by atoms with van der Waals surface area (Å²) < 4.78 is 5.31. The van der Waals surface area contributed by atoms with E-state index in [0.29, 0.717) is 11.3 Å². The summed E-state index contributed by atoms with van der Waals surface area (Å²) in [5, 5.41) is 0. The van der Waals surface area contributed by atoms with E-state index in [1.165, 1.54) is 5.56 Å². The monoisotopic (exact) mass is 263 g/mol. The molecule has 0 aliphatic carbocycles. The first kappa shape index (κ1) is 12.4. The molecule has 0 saturated carbocycles. The summed E-state index contributed by atoms with van der Waals surface area (Å²) in [5.41, 5.74) is 3.55. The van der Waals surface area contributed by atoms with Crippen LogP contribution in [0.5, 0.6) is 0 Å². The molecule has 0 radical (unpaired) electrons. The topological polar surface area (TPSA) is 39.2 Å². The van der Waals surface area contributed by atoms with Crippen LogP contribution in [0.15, 0.2) is 60.4 Å². The van der Waals surface area contributed by atoms with Crippen LogP contribution in [0, 0.1) is 6.92 Å². The van der Waals surface area contributed by atoms with Gasteiger partial charge < -0.3 is 4.74 Å². The van der Waals surface area contributed by atoms with E-state index in [4.69, 9.17) is 4.74 Å². The third-order valence-corrected chi connectivity index (χ3v) is 3.09. The fourth-order valence-electron chi connectivity index (χ4n) is 1.99. The quantitative estimate of drug-likeness (QED) is 0.616. The largest absolute Gasteiger partial charge is 0.422 e. The van der Waals surface area contributed by atoms with Crippen molar-refractivity contribution in [2.75, 3.05) is 0 Å². The van der Waals surface area contributed by atoms with Gasteiger partial charge in [0.05, 0.1) is 5.57 Å². The minimum absolute atomic E-state index is 0.322. The van der Waals surface area contributed by atoms with Crippen LogP contribution in [-0.2, 0) is 9.53 Å². The van der Waals surface area contributed by atoms with Crippen LogP contribution >= 0.6 is 0 Å². The summed E-state index contributed by atoms with van der Waals surface area (Å²) in [6.07, 6.45) is 6.95. The zero-order valence-electron chi connectivity index (χ0n) is 11.0. The van der Waals surface area contributed by atoms with Crippen LogP contribution in [0.3, 0.4) is 0 Å². The average Bonchev–Trinajstić information content (AvgIpc) is 2.82. The maximum atomic E-state index is 11.9. The predicted molar refractivity (Wildman–Crippen MR) is 77.5 cm³/mol. The molecule has 0 bridgehead atoms.